The van der Waals surface area contributed by atoms with Gasteiger partial charge in [-0.05, 0) is 30.3 Å². The van der Waals surface area contributed by atoms with Crippen molar-refractivity contribution in [3.63, 3.8) is 0 Å². The summed E-state index contributed by atoms with van der Waals surface area (Å²) in [5, 5.41) is 10.1. The molecule has 0 amide bonds. The number of nitrogens with one attached hydrogen (secondary N) is 1. The number of carbonyl (C=O) groups is 1. The zero-order chi connectivity index (χ0) is 20.0. The molecule has 0 spiro atoms. The predicted octanol–water partition coefficient (Wildman–Crippen LogP) is 2.82. The summed E-state index contributed by atoms with van der Waals surface area (Å²) in [4.78, 5) is 11.2. The van der Waals surface area contributed by atoms with E-state index in [0.717, 1.165) is 5.41 Å². The minimum absolute atomic E-state index is 0.0334. The number of anilines is 1. The van der Waals surface area contributed by atoms with Crippen LogP contribution in [0.15, 0.2) is 41.8 Å². The van der Waals surface area contributed by atoms with E-state index in [1.807, 2.05) is 0 Å². The molecule has 2 rings (SSSR count). The Bertz CT molecular complexity index is 968. The maximum absolute atomic E-state index is 12.3. The highest BCUT2D eigenvalue weighted by atomic mass is 32.2. The SMILES string of the molecule is COc1ccc(/C=C/S(=O)(=O)Nc2ccccc2C(=O)O)c(OC)c1OC. The number of rotatable bonds is 8. The van der Waals surface area contributed by atoms with Gasteiger partial charge in [0, 0.05) is 5.56 Å². The third-order valence-corrected chi connectivity index (χ3v) is 4.57. The summed E-state index contributed by atoms with van der Waals surface area (Å²) >= 11 is 0. The minimum atomic E-state index is -3.97. The van der Waals surface area contributed by atoms with E-state index in [1.54, 1.807) is 12.1 Å². The summed E-state index contributed by atoms with van der Waals surface area (Å²) in [5.74, 6) is -0.181. The fourth-order valence-electron chi connectivity index (χ4n) is 2.36. The van der Waals surface area contributed by atoms with Crippen molar-refractivity contribution in [1.29, 1.82) is 0 Å². The molecule has 0 saturated carbocycles. The Morgan fingerprint density at radius 3 is 2.26 bits per heavy atom. The Kier molecular flexibility index (Phi) is 6.30. The molecule has 0 radical (unpaired) electrons. The number of hydrogen-bond acceptors (Lipinski definition) is 6. The molecule has 9 heteroatoms. The molecule has 2 aromatic carbocycles. The lowest BCUT2D eigenvalue weighted by Crippen LogP contribution is -2.12. The van der Waals surface area contributed by atoms with Gasteiger partial charge in [0.25, 0.3) is 10.0 Å². The zero-order valence-corrected chi connectivity index (χ0v) is 15.7. The molecule has 0 heterocycles. The second kappa shape index (κ2) is 8.45. The second-order valence-electron chi connectivity index (χ2n) is 5.22. The van der Waals surface area contributed by atoms with Crippen LogP contribution in [0.5, 0.6) is 17.2 Å². The van der Waals surface area contributed by atoms with Crippen molar-refractivity contribution in [1.82, 2.24) is 0 Å². The van der Waals surface area contributed by atoms with Gasteiger partial charge < -0.3 is 19.3 Å². The normalized spacial score (nSPS) is 11.2. The van der Waals surface area contributed by atoms with E-state index in [2.05, 4.69) is 4.72 Å². The average molecular weight is 393 g/mol. The predicted molar refractivity (Wildman–Crippen MR) is 101 cm³/mol. The van der Waals surface area contributed by atoms with Gasteiger partial charge in [-0.25, -0.2) is 13.2 Å². The van der Waals surface area contributed by atoms with Gasteiger partial charge in [0.15, 0.2) is 11.5 Å². The molecular formula is C18H19NO7S. The molecule has 0 aromatic heterocycles. The first-order chi connectivity index (χ1) is 12.8. The molecule has 2 N–H and O–H groups in total. The standard InChI is InChI=1S/C18H19NO7S/c1-24-15-9-8-12(16(25-2)17(15)26-3)10-11-27(22,23)19-14-7-5-4-6-13(14)18(20)21/h4-11,19H,1-3H3,(H,20,21)/b11-10+. The fraction of sp³-hybridized carbons (Fsp3) is 0.167. The summed E-state index contributed by atoms with van der Waals surface area (Å²) in [6.45, 7) is 0. The van der Waals surface area contributed by atoms with Crippen molar-refractivity contribution in [3.05, 3.63) is 52.9 Å². The van der Waals surface area contributed by atoms with Crippen LogP contribution in [0, 0.1) is 0 Å². The number of carboxylic acids is 1. The van der Waals surface area contributed by atoms with Crippen molar-refractivity contribution in [2.24, 2.45) is 0 Å². The summed E-state index contributed by atoms with van der Waals surface area (Å²) in [6.07, 6.45) is 1.31. The molecule has 8 nitrogen and oxygen atoms in total. The Balaban J connectivity index is 2.36. The van der Waals surface area contributed by atoms with Gasteiger partial charge in [-0.2, -0.15) is 0 Å². The van der Waals surface area contributed by atoms with E-state index >= 15 is 0 Å². The highest BCUT2D eigenvalue weighted by Gasteiger charge is 2.16. The molecule has 144 valence electrons. The first-order valence-corrected chi connectivity index (χ1v) is 9.19. The molecule has 2 aromatic rings. The summed E-state index contributed by atoms with van der Waals surface area (Å²) in [6, 6.07) is 8.93. The van der Waals surface area contributed by atoms with E-state index in [4.69, 9.17) is 19.3 Å². The number of ether oxygens (including phenoxy) is 3. The van der Waals surface area contributed by atoms with Crippen LogP contribution < -0.4 is 18.9 Å². The molecule has 0 atom stereocenters. The number of methoxy groups -OCH3 is 3. The average Bonchev–Trinajstić information content (AvgIpc) is 2.65. The lowest BCUT2D eigenvalue weighted by atomic mass is 10.1. The van der Waals surface area contributed by atoms with E-state index in [-0.39, 0.29) is 11.3 Å². The Labute approximate surface area is 157 Å². The molecule has 0 aliphatic carbocycles. The summed E-state index contributed by atoms with van der Waals surface area (Å²) in [5.41, 5.74) is 0.249. The van der Waals surface area contributed by atoms with E-state index in [9.17, 15) is 13.2 Å². The van der Waals surface area contributed by atoms with Crippen LogP contribution in [0.3, 0.4) is 0 Å². The van der Waals surface area contributed by atoms with Crippen molar-refractivity contribution >= 4 is 27.8 Å². The maximum Gasteiger partial charge on any atom is 0.337 e. The van der Waals surface area contributed by atoms with Gasteiger partial charge >= 0.3 is 5.97 Å². The maximum atomic E-state index is 12.3. The quantitative estimate of drug-likeness (QED) is 0.709. The van der Waals surface area contributed by atoms with E-state index in [1.165, 1.54) is 51.7 Å². The molecule has 0 unspecified atom stereocenters. The van der Waals surface area contributed by atoms with Crippen LogP contribution in [0.4, 0.5) is 5.69 Å². The zero-order valence-electron chi connectivity index (χ0n) is 14.9. The third kappa shape index (κ3) is 4.70. The van der Waals surface area contributed by atoms with E-state index in [0.29, 0.717) is 22.8 Å². The summed E-state index contributed by atoms with van der Waals surface area (Å²) < 4.78 is 42.6. The third-order valence-electron chi connectivity index (χ3n) is 3.57. The van der Waals surface area contributed by atoms with Crippen LogP contribution in [-0.4, -0.2) is 40.8 Å². The van der Waals surface area contributed by atoms with Gasteiger partial charge in [0.2, 0.25) is 5.75 Å². The van der Waals surface area contributed by atoms with Crippen molar-refractivity contribution in [3.8, 4) is 17.2 Å². The first kappa shape index (κ1) is 20.1. The number of carboxylic acid groups (broad SMARTS) is 1. The molecule has 0 fully saturated rings. The van der Waals surface area contributed by atoms with Crippen molar-refractivity contribution in [2.45, 2.75) is 0 Å². The van der Waals surface area contributed by atoms with Gasteiger partial charge in [-0.3, -0.25) is 4.72 Å². The second-order valence-corrected chi connectivity index (χ2v) is 6.79. The fourth-order valence-corrected chi connectivity index (χ4v) is 3.24. The van der Waals surface area contributed by atoms with Gasteiger partial charge in [-0.1, -0.05) is 12.1 Å². The highest BCUT2D eigenvalue weighted by Crippen LogP contribution is 2.40. The van der Waals surface area contributed by atoms with Crippen molar-refractivity contribution in [2.75, 3.05) is 26.1 Å². The van der Waals surface area contributed by atoms with Crippen molar-refractivity contribution < 1.29 is 32.5 Å². The largest absolute Gasteiger partial charge is 0.493 e. The Hall–Kier alpha value is -3.20. The number of benzene rings is 2. The van der Waals surface area contributed by atoms with Gasteiger partial charge in [0.1, 0.15) is 0 Å². The summed E-state index contributed by atoms with van der Waals surface area (Å²) in [7, 11) is 0.363. The number of aromatic carboxylic acids is 1. The topological polar surface area (TPSA) is 111 Å². The molecule has 0 bridgehead atoms. The van der Waals surface area contributed by atoms with Crippen LogP contribution in [-0.2, 0) is 10.0 Å². The highest BCUT2D eigenvalue weighted by molar-refractivity contribution is 7.95. The molecule has 0 aliphatic rings. The Morgan fingerprint density at radius 1 is 1.00 bits per heavy atom. The van der Waals surface area contributed by atoms with E-state index < -0.39 is 16.0 Å². The van der Waals surface area contributed by atoms with Crippen LogP contribution >= 0.6 is 0 Å². The van der Waals surface area contributed by atoms with Crippen LogP contribution in [0.25, 0.3) is 6.08 Å². The monoisotopic (exact) mass is 393 g/mol. The Morgan fingerprint density at radius 2 is 1.67 bits per heavy atom. The first-order valence-electron chi connectivity index (χ1n) is 7.65. The minimum Gasteiger partial charge on any atom is -0.493 e. The molecule has 27 heavy (non-hydrogen) atoms. The lowest BCUT2D eigenvalue weighted by molar-refractivity contribution is 0.0698. The number of hydrogen-bond donors (Lipinski definition) is 2. The van der Waals surface area contributed by atoms with Gasteiger partial charge in [-0.15, -0.1) is 0 Å². The lowest BCUT2D eigenvalue weighted by Gasteiger charge is -2.14. The number of para-hydroxylation sites is 1. The molecule has 0 saturated heterocycles. The van der Waals surface area contributed by atoms with Crippen LogP contribution in [0.2, 0.25) is 0 Å². The van der Waals surface area contributed by atoms with Gasteiger partial charge in [0.05, 0.1) is 38.0 Å². The molecule has 0 aliphatic heterocycles. The number of sulfonamides is 1. The van der Waals surface area contributed by atoms with Crippen LogP contribution in [0.1, 0.15) is 15.9 Å². The smallest absolute Gasteiger partial charge is 0.337 e. The molecular weight excluding hydrogens is 374 g/mol.